The van der Waals surface area contributed by atoms with Gasteiger partial charge >= 0.3 is 133 Å². The molecule has 0 aliphatic carbocycles. The summed E-state index contributed by atoms with van der Waals surface area (Å²) in [4.78, 5) is 23.5. The Kier molecular flexibility index (Phi) is 8.82. The van der Waals surface area contributed by atoms with Crippen molar-refractivity contribution >= 4 is 11.8 Å². The number of hydroxylamine groups is 2. The molecule has 1 aliphatic heterocycles. The molecule has 1 aliphatic rings. The predicted octanol–water partition coefficient (Wildman–Crippen LogP) is 2.16. The van der Waals surface area contributed by atoms with Crippen LogP contribution in [0.1, 0.15) is 52.9 Å². The van der Waals surface area contributed by atoms with Crippen molar-refractivity contribution in [1.82, 2.24) is 5.06 Å². The molecule has 0 unspecified atom stereocenters. The molecule has 0 saturated carbocycles. The third-order valence-corrected chi connectivity index (χ3v) is 7.77. The van der Waals surface area contributed by atoms with Crippen LogP contribution in [-0.2, 0) is 43.0 Å². The van der Waals surface area contributed by atoms with Gasteiger partial charge in [-0.15, -0.1) is 0 Å². The van der Waals surface area contributed by atoms with E-state index in [0.717, 1.165) is 24.3 Å². The van der Waals surface area contributed by atoms with Gasteiger partial charge in [0.05, 0.1) is 0 Å². The number of carbonyl (C=O) groups is 2. The van der Waals surface area contributed by atoms with Crippen molar-refractivity contribution in [3.63, 3.8) is 0 Å². The van der Waals surface area contributed by atoms with Crippen molar-refractivity contribution in [2.45, 2.75) is 52.9 Å². The summed E-state index contributed by atoms with van der Waals surface area (Å²) in [6, 6.07) is 0. The van der Waals surface area contributed by atoms with Gasteiger partial charge in [-0.05, 0) is 0 Å². The third kappa shape index (κ3) is 5.87. The van der Waals surface area contributed by atoms with Crippen LogP contribution in [0, 0.1) is 0 Å². The number of imide groups is 1. The second-order valence-corrected chi connectivity index (χ2v) is 9.75. The van der Waals surface area contributed by atoms with Crippen molar-refractivity contribution in [3.8, 4) is 0 Å². The van der Waals surface area contributed by atoms with Crippen LogP contribution in [-0.4, -0.2) is 36.7 Å². The molecular weight excluding hydrogens is 357 g/mol. The standard InChI is InChI=1S/C4H4NO3.3C3H7O.Zr/c6-3-1-2-4(7)5(3)8;3*1-2-3-4;/h1-2H2;3*2-3H2,1H3;/q4*-1;+4. The van der Waals surface area contributed by atoms with Gasteiger partial charge in [0.1, 0.15) is 0 Å². The van der Waals surface area contributed by atoms with Crippen LogP contribution in [0.5, 0.6) is 0 Å². The molecule has 0 bridgehead atoms. The van der Waals surface area contributed by atoms with Gasteiger partial charge in [0.2, 0.25) is 0 Å². The molecule has 1 fully saturated rings. The van der Waals surface area contributed by atoms with Gasteiger partial charge in [0, 0.05) is 0 Å². The second kappa shape index (κ2) is 9.79. The van der Waals surface area contributed by atoms with E-state index in [1.807, 2.05) is 20.8 Å². The molecule has 0 aromatic rings. The first-order valence-corrected chi connectivity index (χ1v) is 11.6. The van der Waals surface area contributed by atoms with E-state index in [1.165, 1.54) is 0 Å². The molecule has 0 aromatic heterocycles. The summed E-state index contributed by atoms with van der Waals surface area (Å²) in [7, 11) is 0. The molecule has 2 amide bonds. The Morgan fingerprint density at radius 1 is 0.857 bits per heavy atom. The summed E-state index contributed by atoms with van der Waals surface area (Å²) in [5.74, 6) is -0.720. The first-order valence-electron chi connectivity index (χ1n) is 7.55. The zero-order valence-corrected chi connectivity index (χ0v) is 15.5. The van der Waals surface area contributed by atoms with Crippen LogP contribution in [0.4, 0.5) is 0 Å². The van der Waals surface area contributed by atoms with E-state index in [4.69, 9.17) is 11.4 Å². The van der Waals surface area contributed by atoms with Gasteiger partial charge in [-0.2, -0.15) is 0 Å². The Morgan fingerprint density at radius 2 is 1.24 bits per heavy atom. The molecule has 0 atom stereocenters. The quantitative estimate of drug-likeness (QED) is 0.510. The Morgan fingerprint density at radius 3 is 1.57 bits per heavy atom. The van der Waals surface area contributed by atoms with Gasteiger partial charge in [-0.1, -0.05) is 0 Å². The molecular formula is C13H25NO6Zr. The predicted molar refractivity (Wildman–Crippen MR) is 70.9 cm³/mol. The van der Waals surface area contributed by atoms with Gasteiger partial charge in [0.25, 0.3) is 0 Å². The summed E-state index contributed by atoms with van der Waals surface area (Å²) in [6.45, 7) is 7.13. The number of amides is 2. The van der Waals surface area contributed by atoms with E-state index < -0.39 is 22.0 Å². The zero-order valence-electron chi connectivity index (χ0n) is 13.1. The molecule has 21 heavy (non-hydrogen) atoms. The van der Waals surface area contributed by atoms with Crippen LogP contribution in [0.3, 0.4) is 0 Å². The van der Waals surface area contributed by atoms with Crippen molar-refractivity contribution in [2.75, 3.05) is 19.8 Å². The maximum absolute atomic E-state index is 11.7. The topological polar surface area (TPSA) is 74.3 Å². The molecule has 1 saturated heterocycles. The van der Waals surface area contributed by atoms with E-state index in [9.17, 15) is 9.59 Å². The van der Waals surface area contributed by atoms with Crippen molar-refractivity contribution in [1.29, 1.82) is 0 Å². The van der Waals surface area contributed by atoms with Crippen molar-refractivity contribution < 1.29 is 43.0 Å². The fourth-order valence-corrected chi connectivity index (χ4v) is 7.06. The second-order valence-electron chi connectivity index (χ2n) is 4.72. The number of carbonyl (C=O) groups excluding carboxylic acids is 2. The zero-order chi connectivity index (χ0) is 15.7. The Hall–Kier alpha value is -0.137. The van der Waals surface area contributed by atoms with E-state index in [1.54, 1.807) is 0 Å². The third-order valence-electron chi connectivity index (χ3n) is 2.66. The van der Waals surface area contributed by atoms with Crippen molar-refractivity contribution in [3.05, 3.63) is 0 Å². The fourth-order valence-electron chi connectivity index (χ4n) is 1.65. The van der Waals surface area contributed by atoms with E-state index in [2.05, 4.69) is 0 Å². The number of nitrogens with zero attached hydrogens (tertiary/aromatic N) is 1. The minimum atomic E-state index is -4.39. The molecule has 1 rings (SSSR count). The van der Waals surface area contributed by atoms with Gasteiger partial charge in [-0.3, -0.25) is 0 Å². The summed E-state index contributed by atoms with van der Waals surface area (Å²) in [5, 5.41) is 0.789. The Balaban J connectivity index is 2.83. The number of hydrogen-bond acceptors (Lipinski definition) is 6. The van der Waals surface area contributed by atoms with E-state index >= 15 is 0 Å². The molecule has 7 nitrogen and oxygen atoms in total. The van der Waals surface area contributed by atoms with E-state index in [0.29, 0.717) is 19.8 Å². The van der Waals surface area contributed by atoms with Crippen LogP contribution < -0.4 is 0 Å². The molecule has 0 N–H and O–H groups in total. The first-order chi connectivity index (χ1) is 10.1. The first kappa shape index (κ1) is 18.9. The normalized spacial score (nSPS) is 16.0. The van der Waals surface area contributed by atoms with Crippen LogP contribution in [0.15, 0.2) is 0 Å². The van der Waals surface area contributed by atoms with Gasteiger partial charge in [-0.25, -0.2) is 0 Å². The molecule has 1 heterocycles. The maximum atomic E-state index is 11.7. The Labute approximate surface area is 132 Å². The minimum absolute atomic E-state index is 0.163. The molecule has 0 aromatic carbocycles. The SMILES string of the molecule is CCC[O][Zr]([O]CCC)([O]CCC)[O]N1C(=O)CCC1=O. The van der Waals surface area contributed by atoms with Crippen LogP contribution >= 0.6 is 0 Å². The molecule has 0 radical (unpaired) electrons. The van der Waals surface area contributed by atoms with Crippen molar-refractivity contribution in [2.24, 2.45) is 0 Å². The van der Waals surface area contributed by atoms with Gasteiger partial charge < -0.3 is 0 Å². The van der Waals surface area contributed by atoms with Gasteiger partial charge in [0.15, 0.2) is 0 Å². The molecule has 8 heteroatoms. The summed E-state index contributed by atoms with van der Waals surface area (Å²) in [6.07, 6.45) is 2.64. The number of hydrogen-bond donors (Lipinski definition) is 0. The summed E-state index contributed by atoms with van der Waals surface area (Å²) < 4.78 is 22.8. The van der Waals surface area contributed by atoms with Crippen LogP contribution in [0.2, 0.25) is 0 Å². The monoisotopic (exact) mass is 381 g/mol. The summed E-state index contributed by atoms with van der Waals surface area (Å²) in [5.41, 5.74) is 0. The molecule has 0 spiro atoms. The Bertz CT molecular complexity index is 314. The fraction of sp³-hybridized carbons (Fsp3) is 0.846. The number of rotatable bonds is 11. The average molecular weight is 383 g/mol. The summed E-state index contributed by atoms with van der Waals surface area (Å²) >= 11 is -4.39. The average Bonchev–Trinajstić information content (AvgIpc) is 2.80. The van der Waals surface area contributed by atoms with Crippen LogP contribution in [0.25, 0.3) is 0 Å². The molecule has 122 valence electrons. The van der Waals surface area contributed by atoms with E-state index in [-0.39, 0.29) is 24.7 Å².